The smallest absolute Gasteiger partial charge is 0.159 e. The van der Waals surface area contributed by atoms with E-state index < -0.39 is 11.6 Å². The molecule has 1 saturated heterocycles. The number of piperidine rings is 1. The molecular weight excluding hydrogens is 470 g/mol. The van der Waals surface area contributed by atoms with Crippen LogP contribution in [0.3, 0.4) is 0 Å². The topological polar surface area (TPSA) is 41.0 Å². The number of pyridine rings is 1. The maximum absolute atomic E-state index is 13.8. The summed E-state index contributed by atoms with van der Waals surface area (Å²) in [5.74, 6) is -1.32. The number of halogens is 2. The molecule has 37 heavy (non-hydrogen) atoms. The van der Waals surface area contributed by atoms with Gasteiger partial charge in [-0.25, -0.2) is 8.78 Å². The van der Waals surface area contributed by atoms with Gasteiger partial charge in [-0.15, -0.1) is 0 Å². The molecule has 0 unspecified atom stereocenters. The van der Waals surface area contributed by atoms with Crippen LogP contribution in [0.2, 0.25) is 0 Å². The molecule has 2 aliphatic rings. The van der Waals surface area contributed by atoms with Crippen molar-refractivity contribution in [2.24, 2.45) is 11.1 Å². The third-order valence-corrected chi connectivity index (χ3v) is 6.30. The van der Waals surface area contributed by atoms with E-state index in [1.807, 2.05) is 43.3 Å². The summed E-state index contributed by atoms with van der Waals surface area (Å²) in [7, 11) is 0. The number of likely N-dealkylation sites (tertiary alicyclic amines) is 1. The minimum atomic E-state index is -0.937. The van der Waals surface area contributed by atoms with Crippen LogP contribution in [0.1, 0.15) is 50.4 Å². The van der Waals surface area contributed by atoms with Gasteiger partial charge in [-0.2, -0.15) is 0 Å². The maximum Gasteiger partial charge on any atom is 0.159 e. The number of aromatic nitrogens is 1. The van der Waals surface area contributed by atoms with E-state index in [0.717, 1.165) is 55.9 Å². The van der Waals surface area contributed by atoms with Crippen LogP contribution >= 0.6 is 0 Å². The lowest BCUT2D eigenvalue weighted by Gasteiger charge is -2.34. The van der Waals surface area contributed by atoms with E-state index >= 15 is 0 Å². The zero-order valence-electron chi connectivity index (χ0n) is 22.0. The van der Waals surface area contributed by atoms with E-state index in [2.05, 4.69) is 40.3 Å². The molecule has 0 radical (unpaired) electrons. The molecule has 1 aromatic carbocycles. The van der Waals surface area contributed by atoms with Gasteiger partial charge in [0.1, 0.15) is 12.3 Å². The molecule has 0 amide bonds. The summed E-state index contributed by atoms with van der Waals surface area (Å²) in [5.41, 5.74) is 4.67. The fourth-order valence-electron chi connectivity index (χ4n) is 4.37. The van der Waals surface area contributed by atoms with Gasteiger partial charge in [-0.3, -0.25) is 9.88 Å². The van der Waals surface area contributed by atoms with Gasteiger partial charge in [0.25, 0.3) is 0 Å². The third kappa shape index (κ3) is 7.23. The lowest BCUT2D eigenvalue weighted by Crippen LogP contribution is -2.34. The average Bonchev–Trinajstić information content (AvgIpc) is 2.93. The predicted molar refractivity (Wildman–Crippen MR) is 146 cm³/mol. The first-order chi connectivity index (χ1) is 18.0. The van der Waals surface area contributed by atoms with Crippen LogP contribution in [0.5, 0.6) is 0 Å². The normalized spacial score (nSPS) is 16.7. The Bertz CT molecular complexity index is 1160. The van der Waals surface area contributed by atoms with Gasteiger partial charge in [0, 0.05) is 36.4 Å². The van der Waals surface area contributed by atoms with Gasteiger partial charge in [0.05, 0.1) is 5.69 Å². The minimum Gasteiger partial charge on any atom is -0.396 e. The second-order valence-corrected chi connectivity index (χ2v) is 8.63. The summed E-state index contributed by atoms with van der Waals surface area (Å²) in [6, 6.07) is 7.49. The number of benzene rings is 1. The third-order valence-electron chi connectivity index (χ3n) is 6.30. The lowest BCUT2D eigenvalue weighted by molar-refractivity contribution is 0.159. The summed E-state index contributed by atoms with van der Waals surface area (Å²) in [5, 5.41) is 4.10. The Labute approximate surface area is 219 Å². The van der Waals surface area contributed by atoms with Gasteiger partial charge in [0.15, 0.2) is 11.6 Å². The number of oxime groups is 1. The molecule has 3 heterocycles. The van der Waals surface area contributed by atoms with E-state index in [4.69, 9.17) is 4.84 Å². The quantitative estimate of drug-likeness (QED) is 0.292. The summed E-state index contributed by atoms with van der Waals surface area (Å²) < 4.78 is 27.2. The molecule has 1 aromatic heterocycles. The molecule has 2 aromatic rings. The van der Waals surface area contributed by atoms with E-state index in [1.54, 1.807) is 13.1 Å². The highest BCUT2D eigenvalue weighted by atomic mass is 19.2. The van der Waals surface area contributed by atoms with Gasteiger partial charge in [-0.05, 0) is 86.3 Å². The Balaban J connectivity index is 0.00000186. The van der Waals surface area contributed by atoms with E-state index in [9.17, 15) is 8.78 Å². The molecule has 7 heteroatoms. The summed E-state index contributed by atoms with van der Waals surface area (Å²) in [4.78, 5) is 14.1. The van der Waals surface area contributed by atoms with Crippen molar-refractivity contribution in [1.82, 2.24) is 14.8 Å². The van der Waals surface area contributed by atoms with Crippen molar-refractivity contribution < 1.29 is 13.6 Å². The summed E-state index contributed by atoms with van der Waals surface area (Å²) in [6.07, 6.45) is 12.1. The highest BCUT2D eigenvalue weighted by Crippen LogP contribution is 2.30. The van der Waals surface area contributed by atoms with E-state index in [-0.39, 0.29) is 0 Å². The maximum atomic E-state index is 13.8. The largest absolute Gasteiger partial charge is 0.396 e. The second kappa shape index (κ2) is 13.7. The molecule has 196 valence electrons. The first-order valence-corrected chi connectivity index (χ1v) is 12.8. The van der Waals surface area contributed by atoms with Crippen LogP contribution in [-0.2, 0) is 11.4 Å². The van der Waals surface area contributed by atoms with Crippen molar-refractivity contribution in [2.75, 3.05) is 19.7 Å². The highest BCUT2D eigenvalue weighted by molar-refractivity contribution is 6.11. The first kappa shape index (κ1) is 28.0. The zero-order chi connectivity index (χ0) is 26.8. The zero-order valence-corrected chi connectivity index (χ0v) is 22.0. The standard InChI is InChI=1S/C28H30F2N4O.C2H6/c1-4-34-15-12-23(16-20(34)3)22-10-13-33(14-11-22)19-21-6-9-27(31-18-21)28(32-35-5-2)24-7-8-25(29)26(30)17-24;1-2/h4,6-9,12,15-18,22H,1,3,5,10-11,13-14,19H2,2H3;1-2H3/b32-28+;. The van der Waals surface area contributed by atoms with Crippen molar-refractivity contribution in [1.29, 1.82) is 0 Å². The van der Waals surface area contributed by atoms with Crippen molar-refractivity contribution >= 4 is 5.71 Å². The molecule has 0 atom stereocenters. The second-order valence-electron chi connectivity index (χ2n) is 8.63. The Morgan fingerprint density at radius 1 is 1.16 bits per heavy atom. The SMILES string of the molecule is C=CN1C=CC(C2CCN(Cc3ccc(/C(=N/OCC)c4ccc(F)c(F)c4)nc3)CC2)=CC1=C.CC. The van der Waals surface area contributed by atoms with Crippen LogP contribution in [0.25, 0.3) is 0 Å². The van der Waals surface area contributed by atoms with Gasteiger partial charge in [0.2, 0.25) is 0 Å². The Morgan fingerprint density at radius 3 is 2.51 bits per heavy atom. The Morgan fingerprint density at radius 2 is 1.92 bits per heavy atom. The van der Waals surface area contributed by atoms with Crippen molar-refractivity contribution in [2.45, 2.75) is 40.2 Å². The monoisotopic (exact) mass is 506 g/mol. The molecule has 0 bridgehead atoms. The lowest BCUT2D eigenvalue weighted by atomic mass is 9.87. The number of allylic oxidation sites excluding steroid dienone is 3. The van der Waals surface area contributed by atoms with Crippen LogP contribution in [0.4, 0.5) is 8.78 Å². The molecule has 4 rings (SSSR count). The highest BCUT2D eigenvalue weighted by Gasteiger charge is 2.23. The van der Waals surface area contributed by atoms with Gasteiger partial charge >= 0.3 is 0 Å². The van der Waals surface area contributed by atoms with E-state index in [0.29, 0.717) is 29.5 Å². The van der Waals surface area contributed by atoms with Crippen LogP contribution in [0, 0.1) is 17.6 Å². The molecule has 0 spiro atoms. The molecule has 2 aliphatic heterocycles. The average molecular weight is 507 g/mol. The number of nitrogens with zero attached hydrogens (tertiary/aromatic N) is 4. The number of hydrogen-bond donors (Lipinski definition) is 0. The Hall–Kier alpha value is -3.58. The van der Waals surface area contributed by atoms with Crippen LogP contribution in [0.15, 0.2) is 90.7 Å². The van der Waals surface area contributed by atoms with Gasteiger partial charge < -0.3 is 9.74 Å². The molecule has 1 fully saturated rings. The summed E-state index contributed by atoms with van der Waals surface area (Å²) in [6.45, 7) is 16.9. The van der Waals surface area contributed by atoms with Crippen molar-refractivity contribution in [3.8, 4) is 0 Å². The molecular formula is C30H36F2N4O. The number of hydrogen-bond acceptors (Lipinski definition) is 5. The molecule has 5 nitrogen and oxygen atoms in total. The predicted octanol–water partition coefficient (Wildman–Crippen LogP) is 6.80. The fourth-order valence-corrected chi connectivity index (χ4v) is 4.37. The summed E-state index contributed by atoms with van der Waals surface area (Å²) >= 11 is 0. The molecule has 0 N–H and O–H groups in total. The van der Waals surface area contributed by atoms with Crippen molar-refractivity contribution in [3.05, 3.63) is 114 Å². The molecule has 0 saturated carbocycles. The van der Waals surface area contributed by atoms with Crippen LogP contribution in [-0.4, -0.2) is 40.2 Å². The fraction of sp³-hybridized carbons (Fsp3) is 0.333. The first-order valence-electron chi connectivity index (χ1n) is 12.8. The Kier molecular flexibility index (Phi) is 10.3. The van der Waals surface area contributed by atoms with E-state index in [1.165, 1.54) is 11.6 Å². The van der Waals surface area contributed by atoms with Crippen LogP contribution < -0.4 is 0 Å². The van der Waals surface area contributed by atoms with Gasteiger partial charge in [-0.1, -0.05) is 38.2 Å². The van der Waals surface area contributed by atoms with Crippen molar-refractivity contribution in [3.63, 3.8) is 0 Å². The minimum absolute atomic E-state index is 0.356. The molecule has 0 aliphatic carbocycles. The number of rotatable bonds is 8.